The van der Waals surface area contributed by atoms with Crippen molar-refractivity contribution in [2.24, 2.45) is 0 Å². The summed E-state index contributed by atoms with van der Waals surface area (Å²) >= 11 is 0. The topological polar surface area (TPSA) is 34.1 Å². The van der Waals surface area contributed by atoms with E-state index in [2.05, 4.69) is 47.6 Å². The maximum Gasteiger partial charge on any atom is 0.119 e. The van der Waals surface area contributed by atoms with E-state index in [1.54, 1.807) is 0 Å². The highest BCUT2D eigenvalue weighted by molar-refractivity contribution is 5.27. The molecule has 0 aliphatic rings. The van der Waals surface area contributed by atoms with Crippen molar-refractivity contribution in [2.45, 2.75) is 39.2 Å². The molecule has 0 spiro atoms. The van der Waals surface area contributed by atoms with Crippen molar-refractivity contribution in [3.63, 3.8) is 0 Å². The van der Waals surface area contributed by atoms with E-state index in [1.165, 1.54) is 18.4 Å². The summed E-state index contributed by atoms with van der Waals surface area (Å²) in [6, 6.07) is 14.4. The molecule has 1 heterocycles. The van der Waals surface area contributed by atoms with Gasteiger partial charge in [0.1, 0.15) is 5.75 Å². The second-order valence-corrected chi connectivity index (χ2v) is 5.45. The molecule has 3 nitrogen and oxygen atoms in total. The van der Waals surface area contributed by atoms with Crippen LogP contribution in [0, 0.1) is 0 Å². The lowest BCUT2D eigenvalue weighted by Crippen LogP contribution is -2.17. The van der Waals surface area contributed by atoms with Crippen molar-refractivity contribution in [3.8, 4) is 5.75 Å². The Labute approximate surface area is 133 Å². The monoisotopic (exact) mass is 298 g/mol. The van der Waals surface area contributed by atoms with Crippen molar-refractivity contribution < 1.29 is 4.74 Å². The molecule has 2 rings (SSSR count). The summed E-state index contributed by atoms with van der Waals surface area (Å²) in [6.07, 6.45) is 6.39. The molecular formula is C19H26N2O. The van der Waals surface area contributed by atoms with Gasteiger partial charge in [0.25, 0.3) is 0 Å². The van der Waals surface area contributed by atoms with E-state index < -0.39 is 0 Å². The number of nitrogens with one attached hydrogen (secondary N) is 1. The van der Waals surface area contributed by atoms with E-state index in [0.717, 1.165) is 44.0 Å². The molecule has 0 radical (unpaired) electrons. The van der Waals surface area contributed by atoms with Crippen LogP contribution in [0.15, 0.2) is 48.7 Å². The predicted molar refractivity (Wildman–Crippen MR) is 91.1 cm³/mol. The molecule has 0 aliphatic heterocycles. The minimum atomic E-state index is 0.815. The van der Waals surface area contributed by atoms with Gasteiger partial charge in [-0.15, -0.1) is 0 Å². The van der Waals surface area contributed by atoms with Gasteiger partial charge in [-0.3, -0.25) is 4.98 Å². The van der Waals surface area contributed by atoms with Crippen LogP contribution in [0.5, 0.6) is 5.75 Å². The summed E-state index contributed by atoms with van der Waals surface area (Å²) in [6.45, 7) is 4.83. The highest BCUT2D eigenvalue weighted by Gasteiger charge is 1.97. The van der Waals surface area contributed by atoms with Gasteiger partial charge < -0.3 is 10.1 Å². The normalized spacial score (nSPS) is 10.6. The van der Waals surface area contributed by atoms with Crippen LogP contribution in [0.1, 0.15) is 37.4 Å². The lowest BCUT2D eigenvalue weighted by atomic mass is 10.2. The number of rotatable bonds is 10. The third-order valence-electron chi connectivity index (χ3n) is 3.55. The minimum absolute atomic E-state index is 0.815. The Bertz CT molecular complexity index is 511. The third kappa shape index (κ3) is 6.27. The Hall–Kier alpha value is -1.87. The van der Waals surface area contributed by atoms with Crippen LogP contribution in [0.25, 0.3) is 0 Å². The molecule has 0 saturated heterocycles. The highest BCUT2D eigenvalue weighted by Crippen LogP contribution is 2.12. The van der Waals surface area contributed by atoms with Gasteiger partial charge in [-0.05, 0) is 36.2 Å². The smallest absolute Gasteiger partial charge is 0.119 e. The molecule has 0 saturated carbocycles. The average Bonchev–Trinajstić information content (AvgIpc) is 2.58. The maximum absolute atomic E-state index is 5.72. The summed E-state index contributed by atoms with van der Waals surface area (Å²) in [7, 11) is 0. The van der Waals surface area contributed by atoms with Gasteiger partial charge in [0.2, 0.25) is 0 Å². The van der Waals surface area contributed by atoms with Gasteiger partial charge in [0.15, 0.2) is 0 Å². The fourth-order valence-corrected chi connectivity index (χ4v) is 2.24. The molecule has 0 unspecified atom stereocenters. The van der Waals surface area contributed by atoms with Crippen LogP contribution in [0.4, 0.5) is 0 Å². The van der Waals surface area contributed by atoms with Crippen molar-refractivity contribution in [3.05, 3.63) is 59.9 Å². The Kier molecular flexibility index (Phi) is 7.47. The fourth-order valence-electron chi connectivity index (χ4n) is 2.24. The number of hydrogen-bond acceptors (Lipinski definition) is 3. The highest BCUT2D eigenvalue weighted by atomic mass is 16.5. The molecule has 0 atom stereocenters. The average molecular weight is 298 g/mol. The largest absolute Gasteiger partial charge is 0.494 e. The summed E-state index contributed by atoms with van der Waals surface area (Å²) < 4.78 is 5.72. The zero-order valence-electron chi connectivity index (χ0n) is 13.4. The van der Waals surface area contributed by atoms with E-state index in [0.29, 0.717) is 0 Å². The maximum atomic E-state index is 5.72. The lowest BCUT2D eigenvalue weighted by molar-refractivity contribution is 0.306. The second-order valence-electron chi connectivity index (χ2n) is 5.45. The Morgan fingerprint density at radius 3 is 2.64 bits per heavy atom. The number of aromatic nitrogens is 1. The predicted octanol–water partition coefficient (Wildman–Crippen LogP) is 3.98. The first kappa shape index (κ1) is 16.5. The van der Waals surface area contributed by atoms with Crippen molar-refractivity contribution in [1.29, 1.82) is 0 Å². The zero-order chi connectivity index (χ0) is 15.5. The quantitative estimate of drug-likeness (QED) is 0.674. The van der Waals surface area contributed by atoms with E-state index in [1.807, 2.05) is 18.3 Å². The SMILES string of the molecule is CCCCCOc1ccc(CNCCc2ccccn2)cc1. The molecule has 22 heavy (non-hydrogen) atoms. The molecule has 1 aromatic carbocycles. The van der Waals surface area contributed by atoms with E-state index in [9.17, 15) is 0 Å². The fraction of sp³-hybridized carbons (Fsp3) is 0.421. The number of unbranched alkanes of at least 4 members (excludes halogenated alkanes) is 2. The molecule has 1 N–H and O–H groups in total. The Morgan fingerprint density at radius 1 is 1.05 bits per heavy atom. The molecule has 3 heteroatoms. The summed E-state index contributed by atoms with van der Waals surface area (Å²) in [5.74, 6) is 0.966. The Balaban J connectivity index is 1.63. The van der Waals surface area contributed by atoms with E-state index in [4.69, 9.17) is 4.74 Å². The number of nitrogens with zero attached hydrogens (tertiary/aromatic N) is 1. The van der Waals surface area contributed by atoms with Crippen LogP contribution in [0.3, 0.4) is 0 Å². The Morgan fingerprint density at radius 2 is 1.91 bits per heavy atom. The van der Waals surface area contributed by atoms with E-state index >= 15 is 0 Å². The van der Waals surface area contributed by atoms with Gasteiger partial charge in [0, 0.05) is 31.4 Å². The number of pyridine rings is 1. The van der Waals surface area contributed by atoms with Crippen molar-refractivity contribution in [1.82, 2.24) is 10.3 Å². The molecule has 1 aromatic heterocycles. The third-order valence-corrected chi connectivity index (χ3v) is 3.55. The number of ether oxygens (including phenoxy) is 1. The van der Waals surface area contributed by atoms with Crippen LogP contribution in [0.2, 0.25) is 0 Å². The summed E-state index contributed by atoms with van der Waals surface area (Å²) in [5.41, 5.74) is 2.41. The van der Waals surface area contributed by atoms with Crippen LogP contribution in [-0.2, 0) is 13.0 Å². The second kappa shape index (κ2) is 9.96. The number of benzene rings is 1. The van der Waals surface area contributed by atoms with Crippen LogP contribution < -0.4 is 10.1 Å². The van der Waals surface area contributed by atoms with Crippen molar-refractivity contribution in [2.75, 3.05) is 13.2 Å². The van der Waals surface area contributed by atoms with Crippen LogP contribution >= 0.6 is 0 Å². The first-order chi connectivity index (χ1) is 10.9. The summed E-state index contributed by atoms with van der Waals surface area (Å²) in [5, 5.41) is 3.45. The standard InChI is InChI=1S/C19H26N2O/c1-2-3-6-15-22-19-10-8-17(9-11-19)16-20-14-12-18-7-4-5-13-21-18/h4-5,7-11,13,20H,2-3,6,12,14-16H2,1H3. The van der Waals surface area contributed by atoms with Crippen molar-refractivity contribution >= 4 is 0 Å². The lowest BCUT2D eigenvalue weighted by Gasteiger charge is -2.08. The van der Waals surface area contributed by atoms with Gasteiger partial charge in [-0.1, -0.05) is 38.0 Å². The molecule has 2 aromatic rings. The molecule has 0 amide bonds. The van der Waals surface area contributed by atoms with Gasteiger partial charge in [-0.25, -0.2) is 0 Å². The first-order valence-corrected chi connectivity index (χ1v) is 8.21. The number of hydrogen-bond donors (Lipinski definition) is 1. The zero-order valence-corrected chi connectivity index (χ0v) is 13.4. The molecule has 0 bridgehead atoms. The minimum Gasteiger partial charge on any atom is -0.494 e. The van der Waals surface area contributed by atoms with Crippen LogP contribution in [-0.4, -0.2) is 18.1 Å². The van der Waals surface area contributed by atoms with Gasteiger partial charge in [-0.2, -0.15) is 0 Å². The molecule has 118 valence electrons. The van der Waals surface area contributed by atoms with Gasteiger partial charge in [0.05, 0.1) is 6.61 Å². The molecule has 0 aliphatic carbocycles. The van der Waals surface area contributed by atoms with E-state index in [-0.39, 0.29) is 0 Å². The van der Waals surface area contributed by atoms with Gasteiger partial charge >= 0.3 is 0 Å². The molecular weight excluding hydrogens is 272 g/mol. The summed E-state index contributed by atoms with van der Waals surface area (Å²) in [4.78, 5) is 4.32. The first-order valence-electron chi connectivity index (χ1n) is 8.21. The molecule has 0 fully saturated rings.